The van der Waals surface area contributed by atoms with Crippen LogP contribution in [-0.2, 0) is 9.59 Å². The Balaban J connectivity index is 0.000000257. The number of aliphatic carboxylic acids is 1. The van der Waals surface area contributed by atoms with Crippen LogP contribution < -0.4 is 5.32 Å². The Hall–Kier alpha value is -3.74. The lowest BCUT2D eigenvalue weighted by molar-refractivity contribution is -0.131. The molecule has 4 aromatic carbocycles. The van der Waals surface area contributed by atoms with Gasteiger partial charge in [0, 0.05) is 60.0 Å². The number of hydrogen-bond donors (Lipinski definition) is 2. The molecular weight excluding hydrogens is 719 g/mol. The van der Waals surface area contributed by atoms with Crippen molar-refractivity contribution >= 4 is 105 Å². The molecule has 4 aromatic rings. The number of carboxylic acids is 1. The molecule has 0 saturated carbocycles. The molecule has 10 heteroatoms. The number of carboxylic acid groups (broad SMARTS) is 1. The Morgan fingerprint density at radius 3 is 1.38 bits per heavy atom. The molecule has 47 heavy (non-hydrogen) atoms. The van der Waals surface area contributed by atoms with Crippen LogP contribution in [0.2, 0.25) is 30.1 Å². The average molecular weight is 746 g/mol. The van der Waals surface area contributed by atoms with Crippen molar-refractivity contribution in [1.82, 2.24) is 5.32 Å². The van der Waals surface area contributed by atoms with Gasteiger partial charge in [0.05, 0.1) is 0 Å². The highest BCUT2D eigenvalue weighted by atomic mass is 35.5. The van der Waals surface area contributed by atoms with Gasteiger partial charge in [-0.25, -0.2) is 4.79 Å². The van der Waals surface area contributed by atoms with Crippen molar-refractivity contribution in [2.45, 2.75) is 0 Å². The lowest BCUT2D eigenvalue weighted by Crippen LogP contribution is -2.20. The number of allylic oxidation sites excluding steroid dienone is 4. The van der Waals surface area contributed by atoms with E-state index in [2.05, 4.69) is 11.9 Å². The minimum Gasteiger partial charge on any atom is -0.478 e. The number of benzene rings is 4. The first kappa shape index (κ1) is 37.7. The third kappa shape index (κ3) is 13.1. The van der Waals surface area contributed by atoms with Crippen LogP contribution in [0.15, 0.2) is 122 Å². The fourth-order valence-electron chi connectivity index (χ4n) is 3.91. The third-order valence-corrected chi connectivity index (χ3v) is 7.71. The Labute approximate surface area is 303 Å². The molecule has 0 spiro atoms. The van der Waals surface area contributed by atoms with Crippen molar-refractivity contribution in [3.8, 4) is 0 Å². The molecule has 0 unspecified atom stereocenters. The predicted octanol–water partition coefficient (Wildman–Crippen LogP) is 11.9. The van der Waals surface area contributed by atoms with E-state index in [0.29, 0.717) is 47.8 Å². The molecule has 0 radical (unpaired) electrons. The quantitative estimate of drug-likeness (QED) is 0.0735. The Morgan fingerprint density at radius 1 is 0.596 bits per heavy atom. The van der Waals surface area contributed by atoms with Gasteiger partial charge in [-0.15, -0.1) is 6.58 Å². The summed E-state index contributed by atoms with van der Waals surface area (Å²) < 4.78 is 0. The van der Waals surface area contributed by atoms with Crippen molar-refractivity contribution in [3.63, 3.8) is 0 Å². The van der Waals surface area contributed by atoms with Gasteiger partial charge < -0.3 is 10.4 Å². The summed E-state index contributed by atoms with van der Waals surface area (Å²) in [5, 5.41) is 14.8. The van der Waals surface area contributed by atoms with Gasteiger partial charge >= 0.3 is 5.97 Å². The monoisotopic (exact) mass is 743 g/mol. The van der Waals surface area contributed by atoms with Gasteiger partial charge in [0.25, 0.3) is 0 Å². The molecule has 0 aromatic heterocycles. The number of halogens is 6. The number of rotatable bonds is 10. The van der Waals surface area contributed by atoms with E-state index >= 15 is 0 Å². The molecule has 240 valence electrons. The van der Waals surface area contributed by atoms with Crippen molar-refractivity contribution in [1.29, 1.82) is 0 Å². The maximum absolute atomic E-state index is 11.8. The zero-order chi connectivity index (χ0) is 34.3. The average Bonchev–Trinajstić information content (AvgIpc) is 3.03. The van der Waals surface area contributed by atoms with Crippen LogP contribution in [0.1, 0.15) is 22.3 Å². The summed E-state index contributed by atoms with van der Waals surface area (Å²) in [4.78, 5) is 22.6. The third-order valence-electron chi connectivity index (χ3n) is 6.11. The molecule has 0 saturated heterocycles. The van der Waals surface area contributed by atoms with E-state index in [1.165, 1.54) is 12.2 Å². The Morgan fingerprint density at radius 2 is 1.00 bits per heavy atom. The van der Waals surface area contributed by atoms with Gasteiger partial charge in [0.15, 0.2) is 0 Å². The topological polar surface area (TPSA) is 66.4 Å². The summed E-state index contributed by atoms with van der Waals surface area (Å²) in [6.45, 7) is 3.97. The summed E-state index contributed by atoms with van der Waals surface area (Å²) in [5.74, 6) is -1.25. The molecule has 0 heterocycles. The van der Waals surface area contributed by atoms with Crippen LogP contribution in [0.3, 0.4) is 0 Å². The van der Waals surface area contributed by atoms with Crippen molar-refractivity contribution in [2.24, 2.45) is 0 Å². The lowest BCUT2D eigenvalue weighted by atomic mass is 10.0. The number of amides is 1. The van der Waals surface area contributed by atoms with Gasteiger partial charge in [0.2, 0.25) is 5.91 Å². The molecular formula is C37H27Cl6NO3. The number of nitrogens with one attached hydrogen (secondary N) is 1. The second kappa shape index (κ2) is 19.2. The van der Waals surface area contributed by atoms with Crippen molar-refractivity contribution in [3.05, 3.63) is 174 Å². The first-order valence-electron chi connectivity index (χ1n) is 13.8. The molecule has 0 aliphatic heterocycles. The molecule has 4 rings (SSSR count). The maximum Gasteiger partial charge on any atom is 0.328 e. The zero-order valence-electron chi connectivity index (χ0n) is 24.6. The van der Waals surface area contributed by atoms with Crippen LogP contribution in [-0.4, -0.2) is 23.5 Å². The second-order valence-corrected chi connectivity index (χ2v) is 12.1. The van der Waals surface area contributed by atoms with Gasteiger partial charge in [-0.05, 0) is 95.1 Å². The Kier molecular flexibility index (Phi) is 15.4. The molecule has 0 bridgehead atoms. The van der Waals surface area contributed by atoms with Crippen LogP contribution in [0.25, 0.3) is 23.3 Å². The summed E-state index contributed by atoms with van der Waals surface area (Å²) in [5.41, 5.74) is 4.71. The first-order chi connectivity index (χ1) is 22.4. The largest absolute Gasteiger partial charge is 0.478 e. The van der Waals surface area contributed by atoms with E-state index in [9.17, 15) is 9.59 Å². The van der Waals surface area contributed by atoms with E-state index in [1.54, 1.807) is 66.7 Å². The summed E-state index contributed by atoms with van der Waals surface area (Å²) in [7, 11) is 0. The van der Waals surface area contributed by atoms with Crippen molar-refractivity contribution < 1.29 is 14.7 Å². The SMILES string of the molecule is C=CCNC(=O)/C=C/C(=C/c1ccc(Cl)cc1)c1ccc(Cl)cc1Cl.O=C(O)/C=C/C(=C/c1ccc(Cl)cc1)c1ccc(Cl)cc1Cl. The molecule has 0 fully saturated rings. The molecule has 0 atom stereocenters. The van der Waals surface area contributed by atoms with Gasteiger partial charge in [0.1, 0.15) is 0 Å². The zero-order valence-corrected chi connectivity index (χ0v) is 29.1. The van der Waals surface area contributed by atoms with E-state index in [0.717, 1.165) is 28.3 Å². The molecule has 0 aliphatic carbocycles. The first-order valence-corrected chi connectivity index (χ1v) is 16.0. The normalized spacial score (nSPS) is 11.7. The number of hydrogen-bond acceptors (Lipinski definition) is 2. The lowest BCUT2D eigenvalue weighted by Gasteiger charge is -2.07. The van der Waals surface area contributed by atoms with Crippen LogP contribution in [0, 0.1) is 0 Å². The fraction of sp³-hybridized carbons (Fsp3) is 0.0270. The van der Waals surface area contributed by atoms with Crippen LogP contribution in [0.4, 0.5) is 0 Å². The Bertz CT molecular complexity index is 1840. The molecule has 2 N–H and O–H groups in total. The standard InChI is InChI=1S/C20H16Cl3NO.C17H11Cl3O2/c1-2-11-24-20(25)10-5-15(12-14-3-6-16(21)7-4-14)18-9-8-17(22)13-19(18)23;18-13-4-1-11(2-5-13)9-12(3-8-17(21)22)15-7-6-14(19)10-16(15)20/h2-10,12-13H,1,11H2,(H,24,25);1-10H,(H,21,22)/b10-5+,15-12-;8-3+,12-9-. The van der Waals surface area contributed by atoms with E-state index < -0.39 is 5.97 Å². The number of carbonyl (C=O) groups excluding carboxylic acids is 1. The van der Waals surface area contributed by atoms with Crippen LogP contribution >= 0.6 is 69.6 Å². The van der Waals surface area contributed by atoms with Gasteiger partial charge in [-0.1, -0.05) is 112 Å². The van der Waals surface area contributed by atoms with E-state index in [1.807, 2.05) is 42.5 Å². The maximum atomic E-state index is 11.8. The highest BCUT2D eigenvalue weighted by Gasteiger charge is 2.08. The minimum atomic E-state index is -1.04. The summed E-state index contributed by atoms with van der Waals surface area (Å²) in [6, 6.07) is 24.9. The highest BCUT2D eigenvalue weighted by molar-refractivity contribution is 6.36. The highest BCUT2D eigenvalue weighted by Crippen LogP contribution is 2.31. The minimum absolute atomic E-state index is 0.216. The fourth-order valence-corrected chi connectivity index (χ4v) is 5.20. The van der Waals surface area contributed by atoms with E-state index in [4.69, 9.17) is 74.7 Å². The predicted molar refractivity (Wildman–Crippen MR) is 201 cm³/mol. The van der Waals surface area contributed by atoms with E-state index in [-0.39, 0.29) is 5.91 Å². The molecule has 0 aliphatic rings. The number of carbonyl (C=O) groups is 2. The van der Waals surface area contributed by atoms with Crippen LogP contribution in [0.5, 0.6) is 0 Å². The molecule has 1 amide bonds. The van der Waals surface area contributed by atoms with Crippen molar-refractivity contribution in [2.75, 3.05) is 6.54 Å². The molecule has 4 nitrogen and oxygen atoms in total. The smallest absolute Gasteiger partial charge is 0.328 e. The summed E-state index contributed by atoms with van der Waals surface area (Å²) >= 11 is 36.2. The van der Waals surface area contributed by atoms with Gasteiger partial charge in [-0.2, -0.15) is 0 Å². The summed E-state index contributed by atoms with van der Waals surface area (Å²) in [6.07, 6.45) is 11.1. The second-order valence-electron chi connectivity index (χ2n) is 9.59. The van der Waals surface area contributed by atoms with Gasteiger partial charge in [-0.3, -0.25) is 4.79 Å².